The van der Waals surface area contributed by atoms with Gasteiger partial charge in [0.15, 0.2) is 0 Å². The zero-order valence-electron chi connectivity index (χ0n) is 7.89. The normalized spacial score (nSPS) is 14.3. The molecule has 0 spiro atoms. The molecule has 2 heteroatoms. The predicted octanol–water partition coefficient (Wildman–Crippen LogP) is 1.97. The maximum absolute atomic E-state index is 5.54. The third kappa shape index (κ3) is 4.59. The SMILES string of the molecule is CCN=C(/C=C(/C)N)C(C)C. The molecule has 0 aromatic heterocycles. The lowest BCUT2D eigenvalue weighted by Crippen LogP contribution is -2.07. The highest BCUT2D eigenvalue weighted by Crippen LogP contribution is 2.00. The Labute approximate surface area is 69.2 Å². The smallest absolute Gasteiger partial charge is 0.0390 e. The quantitative estimate of drug-likeness (QED) is 0.620. The number of aliphatic imine (C=N–C) groups is 1. The molecule has 64 valence electrons. The third-order valence-corrected chi connectivity index (χ3v) is 1.31. The van der Waals surface area contributed by atoms with Gasteiger partial charge in [0.05, 0.1) is 0 Å². The minimum Gasteiger partial charge on any atom is -0.402 e. The van der Waals surface area contributed by atoms with E-state index in [0.29, 0.717) is 5.92 Å². The van der Waals surface area contributed by atoms with E-state index in [-0.39, 0.29) is 0 Å². The van der Waals surface area contributed by atoms with E-state index in [4.69, 9.17) is 5.73 Å². The van der Waals surface area contributed by atoms with E-state index >= 15 is 0 Å². The van der Waals surface area contributed by atoms with Crippen LogP contribution in [-0.2, 0) is 0 Å². The molecular formula is C9H18N2. The average Bonchev–Trinajstić information content (AvgIpc) is 1.86. The fourth-order valence-corrected chi connectivity index (χ4v) is 0.811. The molecular weight excluding hydrogens is 136 g/mol. The van der Waals surface area contributed by atoms with E-state index in [9.17, 15) is 0 Å². The summed E-state index contributed by atoms with van der Waals surface area (Å²) >= 11 is 0. The van der Waals surface area contributed by atoms with Gasteiger partial charge in [-0.25, -0.2) is 0 Å². The summed E-state index contributed by atoms with van der Waals surface area (Å²) in [6.45, 7) is 8.98. The molecule has 0 unspecified atom stereocenters. The summed E-state index contributed by atoms with van der Waals surface area (Å²) in [5.41, 5.74) is 7.46. The van der Waals surface area contributed by atoms with Crippen LogP contribution in [0.5, 0.6) is 0 Å². The van der Waals surface area contributed by atoms with Crippen LogP contribution in [-0.4, -0.2) is 12.3 Å². The van der Waals surface area contributed by atoms with Crippen LogP contribution < -0.4 is 5.73 Å². The van der Waals surface area contributed by atoms with Crippen molar-refractivity contribution in [3.63, 3.8) is 0 Å². The first kappa shape index (κ1) is 10.2. The summed E-state index contributed by atoms with van der Waals surface area (Å²) in [5.74, 6) is 0.466. The van der Waals surface area contributed by atoms with Crippen LogP contribution in [0.25, 0.3) is 0 Å². The van der Waals surface area contributed by atoms with E-state index in [1.807, 2.05) is 19.9 Å². The van der Waals surface area contributed by atoms with E-state index in [1.54, 1.807) is 0 Å². The van der Waals surface area contributed by atoms with Crippen molar-refractivity contribution in [1.29, 1.82) is 0 Å². The van der Waals surface area contributed by atoms with Crippen LogP contribution in [0.15, 0.2) is 16.8 Å². The van der Waals surface area contributed by atoms with Crippen LogP contribution in [0, 0.1) is 5.92 Å². The molecule has 0 aromatic carbocycles. The van der Waals surface area contributed by atoms with Crippen LogP contribution in [0.2, 0.25) is 0 Å². The van der Waals surface area contributed by atoms with Gasteiger partial charge in [-0.2, -0.15) is 0 Å². The van der Waals surface area contributed by atoms with Gasteiger partial charge in [0.1, 0.15) is 0 Å². The fraction of sp³-hybridized carbons (Fsp3) is 0.667. The Morgan fingerprint density at radius 3 is 2.36 bits per heavy atom. The zero-order valence-corrected chi connectivity index (χ0v) is 7.89. The second-order valence-corrected chi connectivity index (χ2v) is 2.94. The lowest BCUT2D eigenvalue weighted by molar-refractivity contribution is 0.876. The van der Waals surface area contributed by atoms with Crippen LogP contribution >= 0.6 is 0 Å². The topological polar surface area (TPSA) is 38.4 Å². The van der Waals surface area contributed by atoms with Gasteiger partial charge in [-0.05, 0) is 25.8 Å². The number of rotatable bonds is 3. The first-order valence-corrected chi connectivity index (χ1v) is 4.06. The molecule has 0 heterocycles. The minimum atomic E-state index is 0.466. The summed E-state index contributed by atoms with van der Waals surface area (Å²) in [5, 5.41) is 0. The van der Waals surface area contributed by atoms with Gasteiger partial charge in [0, 0.05) is 18.0 Å². The minimum absolute atomic E-state index is 0.466. The summed E-state index contributed by atoms with van der Waals surface area (Å²) < 4.78 is 0. The highest BCUT2D eigenvalue weighted by atomic mass is 14.7. The summed E-state index contributed by atoms with van der Waals surface area (Å²) in [6.07, 6.45) is 1.94. The van der Waals surface area contributed by atoms with E-state index in [1.165, 1.54) is 0 Å². The van der Waals surface area contributed by atoms with Crippen molar-refractivity contribution < 1.29 is 0 Å². The van der Waals surface area contributed by atoms with Crippen LogP contribution in [0.3, 0.4) is 0 Å². The van der Waals surface area contributed by atoms with Gasteiger partial charge in [-0.3, -0.25) is 4.99 Å². The zero-order chi connectivity index (χ0) is 8.85. The second kappa shape index (κ2) is 4.94. The number of nitrogens with zero attached hydrogens (tertiary/aromatic N) is 1. The van der Waals surface area contributed by atoms with Crippen molar-refractivity contribution in [2.75, 3.05) is 6.54 Å². The largest absolute Gasteiger partial charge is 0.402 e. The molecule has 0 fully saturated rings. The van der Waals surface area contributed by atoms with Gasteiger partial charge in [0.2, 0.25) is 0 Å². The molecule has 0 saturated heterocycles. The van der Waals surface area contributed by atoms with Gasteiger partial charge in [-0.15, -0.1) is 0 Å². The first-order chi connectivity index (χ1) is 5.07. The van der Waals surface area contributed by atoms with Gasteiger partial charge < -0.3 is 5.73 Å². The van der Waals surface area contributed by atoms with Crippen molar-refractivity contribution in [1.82, 2.24) is 0 Å². The summed E-state index contributed by atoms with van der Waals surface area (Å²) in [7, 11) is 0. The van der Waals surface area contributed by atoms with Gasteiger partial charge in [-0.1, -0.05) is 13.8 Å². The fourth-order valence-electron chi connectivity index (χ4n) is 0.811. The molecule has 0 saturated carbocycles. The Balaban J connectivity index is 4.36. The Bertz CT molecular complexity index is 162. The number of allylic oxidation sites excluding steroid dienone is 2. The lowest BCUT2D eigenvalue weighted by atomic mass is 10.1. The van der Waals surface area contributed by atoms with Crippen LogP contribution in [0.1, 0.15) is 27.7 Å². The van der Waals surface area contributed by atoms with Crippen molar-refractivity contribution in [3.05, 3.63) is 11.8 Å². The maximum atomic E-state index is 5.54. The molecule has 0 aromatic rings. The van der Waals surface area contributed by atoms with E-state index in [0.717, 1.165) is 18.0 Å². The number of hydrogen-bond donors (Lipinski definition) is 1. The van der Waals surface area contributed by atoms with Crippen molar-refractivity contribution in [2.45, 2.75) is 27.7 Å². The Morgan fingerprint density at radius 1 is 1.55 bits per heavy atom. The second-order valence-electron chi connectivity index (χ2n) is 2.94. The summed E-state index contributed by atoms with van der Waals surface area (Å²) in [4.78, 5) is 4.32. The standard InChI is InChI=1S/C9H18N2/c1-5-11-9(7(2)3)6-8(4)10/h6-7H,5,10H2,1-4H3/b8-6-,11-9?. The number of hydrogen-bond acceptors (Lipinski definition) is 2. The van der Waals surface area contributed by atoms with Crippen molar-refractivity contribution in [3.8, 4) is 0 Å². The number of nitrogens with two attached hydrogens (primary N) is 1. The van der Waals surface area contributed by atoms with E-state index < -0.39 is 0 Å². The maximum Gasteiger partial charge on any atom is 0.0390 e. The molecule has 0 aliphatic heterocycles. The molecule has 0 radical (unpaired) electrons. The molecule has 2 nitrogen and oxygen atoms in total. The van der Waals surface area contributed by atoms with Gasteiger partial charge >= 0.3 is 0 Å². The van der Waals surface area contributed by atoms with Crippen molar-refractivity contribution >= 4 is 5.71 Å². The summed E-state index contributed by atoms with van der Waals surface area (Å²) in [6, 6.07) is 0. The monoisotopic (exact) mass is 154 g/mol. The third-order valence-electron chi connectivity index (χ3n) is 1.31. The van der Waals surface area contributed by atoms with Crippen LogP contribution in [0.4, 0.5) is 0 Å². The highest BCUT2D eigenvalue weighted by molar-refractivity contribution is 5.96. The molecule has 0 amide bonds. The Morgan fingerprint density at radius 2 is 2.09 bits per heavy atom. The first-order valence-electron chi connectivity index (χ1n) is 4.06. The molecule has 0 rings (SSSR count). The Kier molecular flexibility index (Phi) is 4.59. The molecule has 0 aliphatic carbocycles. The molecule has 11 heavy (non-hydrogen) atoms. The predicted molar refractivity (Wildman–Crippen MR) is 50.8 cm³/mol. The molecule has 0 aliphatic rings. The molecule has 2 N–H and O–H groups in total. The van der Waals surface area contributed by atoms with Gasteiger partial charge in [0.25, 0.3) is 0 Å². The average molecular weight is 154 g/mol. The molecule has 0 bridgehead atoms. The lowest BCUT2D eigenvalue weighted by Gasteiger charge is -2.04. The molecule has 0 atom stereocenters. The van der Waals surface area contributed by atoms with Crippen molar-refractivity contribution in [2.24, 2.45) is 16.6 Å². The Hall–Kier alpha value is -0.790. The van der Waals surface area contributed by atoms with E-state index in [2.05, 4.69) is 18.8 Å². The highest BCUT2D eigenvalue weighted by Gasteiger charge is 1.99.